The van der Waals surface area contributed by atoms with Gasteiger partial charge in [-0.15, -0.1) is 0 Å². The number of carbonyl (C=O) groups is 1. The zero-order valence-corrected chi connectivity index (χ0v) is 17.2. The molecule has 2 heterocycles. The number of anilines is 1. The number of hydrogen-bond donors (Lipinski definition) is 1. The number of nitro benzene ring substituents is 1. The van der Waals surface area contributed by atoms with Crippen LogP contribution in [0.1, 0.15) is 47.2 Å². The highest BCUT2D eigenvalue weighted by Gasteiger charge is 2.24. The van der Waals surface area contributed by atoms with Crippen LogP contribution in [-0.2, 0) is 13.1 Å². The molecule has 1 amide bonds. The SMILES string of the molecule is O=C(NCc1ccccc1CN1CCCC1)c1ccc(N2CCCC2)c([N+](=O)[O-])c1. The first-order chi connectivity index (χ1) is 14.6. The van der Waals surface area contributed by atoms with Gasteiger partial charge in [-0.25, -0.2) is 0 Å². The summed E-state index contributed by atoms with van der Waals surface area (Å²) in [6.45, 7) is 5.17. The number of amides is 1. The van der Waals surface area contributed by atoms with E-state index in [2.05, 4.69) is 16.3 Å². The van der Waals surface area contributed by atoms with Gasteiger partial charge in [-0.1, -0.05) is 24.3 Å². The van der Waals surface area contributed by atoms with Crippen LogP contribution in [0.25, 0.3) is 0 Å². The zero-order valence-electron chi connectivity index (χ0n) is 17.2. The maximum absolute atomic E-state index is 12.7. The largest absolute Gasteiger partial charge is 0.366 e. The van der Waals surface area contributed by atoms with Crippen molar-refractivity contribution in [1.82, 2.24) is 10.2 Å². The number of benzene rings is 2. The van der Waals surface area contributed by atoms with Gasteiger partial charge in [0.25, 0.3) is 11.6 Å². The Labute approximate surface area is 176 Å². The van der Waals surface area contributed by atoms with Gasteiger partial charge in [0.2, 0.25) is 0 Å². The van der Waals surface area contributed by atoms with Gasteiger partial charge in [-0.05, 0) is 62.0 Å². The quantitative estimate of drug-likeness (QED) is 0.558. The molecule has 0 atom stereocenters. The molecule has 2 aliphatic rings. The van der Waals surface area contributed by atoms with Crippen molar-refractivity contribution in [3.63, 3.8) is 0 Å². The standard InChI is InChI=1S/C23H28N4O3/c28-23(18-9-10-21(22(15-18)27(29)30)26-13-5-6-14-26)24-16-19-7-1-2-8-20(19)17-25-11-3-4-12-25/h1-2,7-10,15H,3-6,11-14,16-17H2,(H,24,28). The summed E-state index contributed by atoms with van der Waals surface area (Å²) in [6, 6.07) is 12.9. The summed E-state index contributed by atoms with van der Waals surface area (Å²) >= 11 is 0. The van der Waals surface area contributed by atoms with Crippen LogP contribution in [0.2, 0.25) is 0 Å². The summed E-state index contributed by atoms with van der Waals surface area (Å²) in [5.41, 5.74) is 3.22. The van der Waals surface area contributed by atoms with E-state index in [-0.39, 0.29) is 11.6 Å². The van der Waals surface area contributed by atoms with Crippen LogP contribution in [0.4, 0.5) is 11.4 Å². The van der Waals surface area contributed by atoms with E-state index in [4.69, 9.17) is 0 Å². The Morgan fingerprint density at radius 3 is 2.33 bits per heavy atom. The minimum atomic E-state index is -0.393. The van der Waals surface area contributed by atoms with Crippen LogP contribution in [0, 0.1) is 10.1 Å². The molecule has 158 valence electrons. The van der Waals surface area contributed by atoms with Crippen LogP contribution >= 0.6 is 0 Å². The normalized spacial score (nSPS) is 16.7. The van der Waals surface area contributed by atoms with Gasteiger partial charge < -0.3 is 10.2 Å². The van der Waals surface area contributed by atoms with Gasteiger partial charge in [-0.2, -0.15) is 0 Å². The molecule has 0 aromatic heterocycles. The fourth-order valence-electron chi connectivity index (χ4n) is 4.38. The summed E-state index contributed by atoms with van der Waals surface area (Å²) in [6.07, 6.45) is 4.56. The van der Waals surface area contributed by atoms with E-state index in [0.717, 1.165) is 51.1 Å². The molecule has 4 rings (SSSR count). The lowest BCUT2D eigenvalue weighted by atomic mass is 10.1. The molecule has 7 nitrogen and oxygen atoms in total. The number of likely N-dealkylation sites (tertiary alicyclic amines) is 1. The van der Waals surface area contributed by atoms with Crippen molar-refractivity contribution in [2.45, 2.75) is 38.8 Å². The smallest absolute Gasteiger partial charge is 0.293 e. The summed E-state index contributed by atoms with van der Waals surface area (Å²) in [5, 5.41) is 14.5. The molecule has 0 saturated carbocycles. The Kier molecular flexibility index (Phi) is 6.28. The minimum absolute atomic E-state index is 0.000941. The predicted molar refractivity (Wildman–Crippen MR) is 117 cm³/mol. The molecule has 2 saturated heterocycles. The van der Waals surface area contributed by atoms with Crippen molar-refractivity contribution in [3.05, 3.63) is 69.3 Å². The number of carbonyl (C=O) groups excluding carboxylic acids is 1. The molecule has 0 unspecified atom stereocenters. The Morgan fingerprint density at radius 1 is 0.967 bits per heavy atom. The molecular weight excluding hydrogens is 380 g/mol. The van der Waals surface area contributed by atoms with E-state index in [9.17, 15) is 14.9 Å². The van der Waals surface area contributed by atoms with Crippen LogP contribution < -0.4 is 10.2 Å². The van der Waals surface area contributed by atoms with Crippen molar-refractivity contribution < 1.29 is 9.72 Å². The van der Waals surface area contributed by atoms with E-state index in [1.165, 1.54) is 24.5 Å². The first-order valence-electron chi connectivity index (χ1n) is 10.7. The number of nitrogens with zero attached hydrogens (tertiary/aromatic N) is 3. The first-order valence-corrected chi connectivity index (χ1v) is 10.7. The van der Waals surface area contributed by atoms with Crippen LogP contribution in [-0.4, -0.2) is 41.9 Å². The maximum Gasteiger partial charge on any atom is 0.293 e. The molecule has 2 aromatic carbocycles. The number of rotatable bonds is 7. The molecule has 2 aromatic rings. The summed E-state index contributed by atoms with van der Waals surface area (Å²) in [7, 11) is 0. The van der Waals surface area contributed by atoms with E-state index in [0.29, 0.717) is 17.8 Å². The Hall–Kier alpha value is -2.93. The van der Waals surface area contributed by atoms with E-state index >= 15 is 0 Å². The monoisotopic (exact) mass is 408 g/mol. The predicted octanol–water partition coefficient (Wildman–Crippen LogP) is 3.72. The molecule has 0 spiro atoms. The Morgan fingerprint density at radius 2 is 1.63 bits per heavy atom. The summed E-state index contributed by atoms with van der Waals surface area (Å²) in [4.78, 5) is 28.4. The van der Waals surface area contributed by atoms with Gasteiger partial charge >= 0.3 is 0 Å². The summed E-state index contributed by atoms with van der Waals surface area (Å²) in [5.74, 6) is -0.290. The molecule has 0 radical (unpaired) electrons. The average Bonchev–Trinajstić information content (AvgIpc) is 3.47. The molecule has 2 aliphatic heterocycles. The lowest BCUT2D eigenvalue weighted by molar-refractivity contribution is -0.384. The molecule has 2 fully saturated rings. The number of nitro groups is 1. The highest BCUT2D eigenvalue weighted by molar-refractivity contribution is 5.95. The molecular formula is C23H28N4O3. The van der Waals surface area contributed by atoms with Crippen molar-refractivity contribution in [2.75, 3.05) is 31.1 Å². The zero-order chi connectivity index (χ0) is 20.9. The van der Waals surface area contributed by atoms with Gasteiger partial charge in [0, 0.05) is 37.8 Å². The Bertz CT molecular complexity index is 918. The van der Waals surface area contributed by atoms with Crippen molar-refractivity contribution in [2.24, 2.45) is 0 Å². The van der Waals surface area contributed by atoms with Crippen molar-refractivity contribution >= 4 is 17.3 Å². The van der Waals surface area contributed by atoms with E-state index in [1.54, 1.807) is 12.1 Å². The van der Waals surface area contributed by atoms with Crippen molar-refractivity contribution in [3.8, 4) is 0 Å². The summed E-state index contributed by atoms with van der Waals surface area (Å²) < 4.78 is 0. The second kappa shape index (κ2) is 9.26. The van der Waals surface area contributed by atoms with Crippen molar-refractivity contribution in [1.29, 1.82) is 0 Å². The average molecular weight is 409 g/mol. The Balaban J connectivity index is 1.45. The highest BCUT2D eigenvalue weighted by Crippen LogP contribution is 2.31. The second-order valence-corrected chi connectivity index (χ2v) is 8.09. The third kappa shape index (κ3) is 4.62. The highest BCUT2D eigenvalue weighted by atomic mass is 16.6. The first kappa shape index (κ1) is 20.3. The lowest BCUT2D eigenvalue weighted by Gasteiger charge is -2.18. The van der Waals surface area contributed by atoms with Crippen LogP contribution in [0.15, 0.2) is 42.5 Å². The third-order valence-corrected chi connectivity index (χ3v) is 6.03. The van der Waals surface area contributed by atoms with E-state index in [1.807, 2.05) is 23.1 Å². The minimum Gasteiger partial charge on any atom is -0.366 e. The van der Waals surface area contributed by atoms with Gasteiger partial charge in [0.15, 0.2) is 0 Å². The fraction of sp³-hybridized carbons (Fsp3) is 0.435. The molecule has 7 heteroatoms. The van der Waals surface area contributed by atoms with Crippen LogP contribution in [0.3, 0.4) is 0 Å². The molecule has 30 heavy (non-hydrogen) atoms. The topological polar surface area (TPSA) is 78.7 Å². The maximum atomic E-state index is 12.7. The van der Waals surface area contributed by atoms with Gasteiger partial charge in [0.05, 0.1) is 4.92 Å². The number of hydrogen-bond acceptors (Lipinski definition) is 5. The second-order valence-electron chi connectivity index (χ2n) is 8.09. The number of nitrogens with one attached hydrogen (secondary N) is 1. The van der Waals surface area contributed by atoms with Crippen LogP contribution in [0.5, 0.6) is 0 Å². The van der Waals surface area contributed by atoms with E-state index < -0.39 is 4.92 Å². The third-order valence-electron chi connectivity index (χ3n) is 6.03. The lowest BCUT2D eigenvalue weighted by Crippen LogP contribution is -2.25. The fourth-order valence-corrected chi connectivity index (χ4v) is 4.38. The molecule has 0 bridgehead atoms. The van der Waals surface area contributed by atoms with Gasteiger partial charge in [-0.3, -0.25) is 19.8 Å². The van der Waals surface area contributed by atoms with Gasteiger partial charge in [0.1, 0.15) is 5.69 Å². The molecule has 0 aliphatic carbocycles. The molecule has 1 N–H and O–H groups in total.